The largest absolute Gasteiger partial charge is 0.375 e. The summed E-state index contributed by atoms with van der Waals surface area (Å²) in [6.07, 6.45) is 1.96. The van der Waals surface area contributed by atoms with Crippen LogP contribution in [0.15, 0.2) is 0 Å². The van der Waals surface area contributed by atoms with Crippen molar-refractivity contribution < 1.29 is 4.74 Å². The first-order valence-corrected chi connectivity index (χ1v) is 5.25. The minimum atomic E-state index is -0.328. The number of hydrogen-bond donors (Lipinski definition) is 0. The first kappa shape index (κ1) is 13.9. The molecule has 0 saturated carbocycles. The number of nitriles is 2. The molecule has 0 heterocycles. The molecule has 0 rings (SSSR count). The first-order valence-electron chi connectivity index (χ1n) is 5.25. The molecule has 0 aliphatic heterocycles. The zero-order valence-corrected chi connectivity index (χ0v) is 10.1. The van der Waals surface area contributed by atoms with E-state index in [1.807, 2.05) is 27.7 Å². The zero-order chi connectivity index (χ0) is 11.9. The van der Waals surface area contributed by atoms with Crippen molar-refractivity contribution >= 4 is 0 Å². The van der Waals surface area contributed by atoms with Crippen LogP contribution in [0.25, 0.3) is 0 Å². The molecule has 0 aromatic rings. The van der Waals surface area contributed by atoms with Crippen molar-refractivity contribution in [2.45, 2.75) is 52.6 Å². The summed E-state index contributed by atoms with van der Waals surface area (Å²) in [7, 11) is 0. The average molecular weight is 208 g/mol. The fourth-order valence-corrected chi connectivity index (χ4v) is 1.07. The number of hydrogen-bond acceptors (Lipinski definition) is 3. The zero-order valence-electron chi connectivity index (χ0n) is 10.1. The van der Waals surface area contributed by atoms with Gasteiger partial charge in [-0.1, -0.05) is 0 Å². The Labute approximate surface area is 92.7 Å². The molecule has 0 bridgehead atoms. The molecule has 0 aromatic heterocycles. The maximum absolute atomic E-state index is 8.82. The molecule has 3 nitrogen and oxygen atoms in total. The van der Waals surface area contributed by atoms with Gasteiger partial charge in [-0.2, -0.15) is 10.5 Å². The van der Waals surface area contributed by atoms with Crippen LogP contribution in [0, 0.1) is 28.1 Å². The molecule has 0 spiro atoms. The van der Waals surface area contributed by atoms with Crippen molar-refractivity contribution in [1.29, 1.82) is 10.5 Å². The van der Waals surface area contributed by atoms with Crippen molar-refractivity contribution in [2.24, 2.45) is 5.41 Å². The summed E-state index contributed by atoms with van der Waals surface area (Å²) >= 11 is 0. The molecule has 0 aromatic carbocycles. The minimum absolute atomic E-state index is 0.263. The van der Waals surface area contributed by atoms with Gasteiger partial charge in [-0.15, -0.1) is 0 Å². The lowest BCUT2D eigenvalue weighted by molar-refractivity contribution is -0.0299. The Morgan fingerprint density at radius 1 is 1.07 bits per heavy atom. The first-order chi connectivity index (χ1) is 6.83. The standard InChI is InChI=1S/C12H20N2O/c1-11(2,10-14)7-9-15-12(3,4)6-5-8-13/h5-7,9H2,1-4H3. The fraction of sp³-hybridized carbons (Fsp3) is 0.833. The highest BCUT2D eigenvalue weighted by Gasteiger charge is 2.21. The van der Waals surface area contributed by atoms with Crippen molar-refractivity contribution in [3.8, 4) is 12.1 Å². The summed E-state index contributed by atoms with van der Waals surface area (Å²) in [4.78, 5) is 0. The molecule has 0 amide bonds. The monoisotopic (exact) mass is 208 g/mol. The van der Waals surface area contributed by atoms with Gasteiger partial charge in [0.05, 0.1) is 23.2 Å². The second kappa shape index (κ2) is 5.73. The quantitative estimate of drug-likeness (QED) is 0.674. The van der Waals surface area contributed by atoms with Crippen LogP contribution in [0.3, 0.4) is 0 Å². The van der Waals surface area contributed by atoms with Crippen molar-refractivity contribution in [1.82, 2.24) is 0 Å². The second-order valence-electron chi connectivity index (χ2n) is 5.01. The van der Waals surface area contributed by atoms with Gasteiger partial charge in [-0.3, -0.25) is 0 Å². The van der Waals surface area contributed by atoms with Gasteiger partial charge >= 0.3 is 0 Å². The average Bonchev–Trinajstić information content (AvgIpc) is 2.14. The van der Waals surface area contributed by atoms with Gasteiger partial charge < -0.3 is 4.74 Å². The molecule has 84 valence electrons. The SMILES string of the molecule is CC(C)(C#N)CCOC(C)(C)CCC#N. The highest BCUT2D eigenvalue weighted by atomic mass is 16.5. The van der Waals surface area contributed by atoms with Gasteiger partial charge in [-0.25, -0.2) is 0 Å². The predicted molar refractivity (Wildman–Crippen MR) is 58.9 cm³/mol. The molecule has 0 aliphatic carbocycles. The molecule has 0 unspecified atom stereocenters. The van der Waals surface area contributed by atoms with E-state index in [0.29, 0.717) is 13.0 Å². The molecule has 0 atom stereocenters. The van der Waals surface area contributed by atoms with Gasteiger partial charge in [0.1, 0.15) is 0 Å². The third kappa shape index (κ3) is 6.94. The lowest BCUT2D eigenvalue weighted by Crippen LogP contribution is -2.26. The summed E-state index contributed by atoms with van der Waals surface area (Å²) in [5, 5.41) is 17.3. The van der Waals surface area contributed by atoms with Crippen LogP contribution in [0.5, 0.6) is 0 Å². The van der Waals surface area contributed by atoms with E-state index < -0.39 is 0 Å². The van der Waals surface area contributed by atoms with Crippen LogP contribution >= 0.6 is 0 Å². The highest BCUT2D eigenvalue weighted by molar-refractivity contribution is 4.91. The van der Waals surface area contributed by atoms with E-state index in [0.717, 1.165) is 12.8 Å². The Bertz CT molecular complexity index is 268. The van der Waals surface area contributed by atoms with E-state index in [2.05, 4.69) is 12.1 Å². The Kier molecular flexibility index (Phi) is 5.33. The molecule has 0 aliphatic rings. The minimum Gasteiger partial charge on any atom is -0.375 e. The lowest BCUT2D eigenvalue weighted by Gasteiger charge is -2.26. The van der Waals surface area contributed by atoms with Crippen LogP contribution in [-0.2, 0) is 4.74 Å². The van der Waals surface area contributed by atoms with Crippen LogP contribution in [0.1, 0.15) is 47.0 Å². The van der Waals surface area contributed by atoms with Gasteiger partial charge in [-0.05, 0) is 40.5 Å². The number of ether oxygens (including phenoxy) is 1. The number of rotatable bonds is 6. The summed E-state index contributed by atoms with van der Waals surface area (Å²) < 4.78 is 5.67. The Balaban J connectivity index is 3.86. The van der Waals surface area contributed by atoms with E-state index in [1.54, 1.807) is 0 Å². The van der Waals surface area contributed by atoms with E-state index in [1.165, 1.54) is 0 Å². The van der Waals surface area contributed by atoms with Gasteiger partial charge in [0.25, 0.3) is 0 Å². The fourth-order valence-electron chi connectivity index (χ4n) is 1.07. The van der Waals surface area contributed by atoms with Crippen molar-refractivity contribution in [2.75, 3.05) is 6.61 Å². The normalized spacial score (nSPS) is 11.9. The molecular weight excluding hydrogens is 188 g/mol. The Morgan fingerprint density at radius 3 is 2.13 bits per heavy atom. The van der Waals surface area contributed by atoms with Crippen LogP contribution < -0.4 is 0 Å². The van der Waals surface area contributed by atoms with Crippen LogP contribution in [0.4, 0.5) is 0 Å². The third-order valence-electron chi connectivity index (χ3n) is 2.36. The van der Waals surface area contributed by atoms with Gasteiger partial charge in [0.2, 0.25) is 0 Å². The molecule has 0 saturated heterocycles. The number of nitrogens with zero attached hydrogens (tertiary/aromatic N) is 2. The van der Waals surface area contributed by atoms with Crippen LogP contribution in [-0.4, -0.2) is 12.2 Å². The predicted octanol–water partition coefficient (Wildman–Crippen LogP) is 3.03. The van der Waals surface area contributed by atoms with E-state index >= 15 is 0 Å². The molecule has 3 heteroatoms. The lowest BCUT2D eigenvalue weighted by atomic mass is 9.92. The third-order valence-corrected chi connectivity index (χ3v) is 2.36. The molecule has 0 radical (unpaired) electrons. The highest BCUT2D eigenvalue weighted by Crippen LogP contribution is 2.22. The summed E-state index contributed by atoms with van der Waals surface area (Å²) in [6.45, 7) is 8.32. The summed E-state index contributed by atoms with van der Waals surface area (Å²) in [5.74, 6) is 0. The maximum atomic E-state index is 8.82. The van der Waals surface area contributed by atoms with E-state index in [-0.39, 0.29) is 11.0 Å². The second-order valence-corrected chi connectivity index (χ2v) is 5.01. The molecule has 0 fully saturated rings. The van der Waals surface area contributed by atoms with Crippen molar-refractivity contribution in [3.05, 3.63) is 0 Å². The summed E-state index contributed by atoms with van der Waals surface area (Å²) in [6, 6.07) is 4.35. The van der Waals surface area contributed by atoms with E-state index in [4.69, 9.17) is 15.3 Å². The van der Waals surface area contributed by atoms with Crippen LogP contribution in [0.2, 0.25) is 0 Å². The molecule has 0 N–H and O–H groups in total. The topological polar surface area (TPSA) is 56.8 Å². The van der Waals surface area contributed by atoms with Crippen molar-refractivity contribution in [3.63, 3.8) is 0 Å². The Morgan fingerprint density at radius 2 is 1.67 bits per heavy atom. The molecular formula is C12H20N2O. The molecule has 15 heavy (non-hydrogen) atoms. The summed E-state index contributed by atoms with van der Waals surface area (Å²) in [5.41, 5.74) is -0.591. The maximum Gasteiger partial charge on any atom is 0.0684 e. The van der Waals surface area contributed by atoms with Gasteiger partial charge in [0, 0.05) is 13.0 Å². The smallest absolute Gasteiger partial charge is 0.0684 e. The van der Waals surface area contributed by atoms with E-state index in [9.17, 15) is 0 Å². The Hall–Kier alpha value is -1.06. The van der Waals surface area contributed by atoms with Gasteiger partial charge in [0.15, 0.2) is 0 Å².